The van der Waals surface area contributed by atoms with E-state index in [1.807, 2.05) is 13.8 Å². The van der Waals surface area contributed by atoms with Crippen molar-refractivity contribution in [3.8, 4) is 0 Å². The van der Waals surface area contributed by atoms with Gasteiger partial charge in [0, 0.05) is 10.5 Å². The fourth-order valence-electron chi connectivity index (χ4n) is 3.71. The molecule has 4 aliphatic heterocycles. The highest BCUT2D eigenvalue weighted by atomic mass is 32.2. The molecule has 0 saturated carbocycles. The Labute approximate surface area is 169 Å². The third-order valence-corrected chi connectivity index (χ3v) is 8.16. The van der Waals surface area contributed by atoms with Crippen molar-refractivity contribution < 1.29 is 29.4 Å². The molecule has 3 fully saturated rings. The molecular weight excluding hydrogens is 408 g/mol. The Morgan fingerprint density at radius 1 is 1.11 bits per heavy atom. The maximum absolute atomic E-state index is 11.4. The summed E-state index contributed by atoms with van der Waals surface area (Å²) in [5.74, 6) is -1.92. The van der Waals surface area contributed by atoms with Crippen LogP contribution in [0.2, 0.25) is 0 Å². The fraction of sp³-hybridized carbons (Fsp3) is 0.625. The Hall–Kier alpha value is -1.76. The lowest BCUT2D eigenvalue weighted by atomic mass is 9.96. The molecule has 2 amide bonds. The van der Waals surface area contributed by atoms with Gasteiger partial charge in [-0.25, -0.2) is 9.59 Å². The molecule has 10 nitrogen and oxygen atoms in total. The summed E-state index contributed by atoms with van der Waals surface area (Å²) in [4.78, 5) is 47.3. The summed E-state index contributed by atoms with van der Waals surface area (Å²) >= 11 is 2.98. The molecule has 0 bridgehead atoms. The normalized spacial score (nSPS) is 35.2. The molecule has 3 saturated heterocycles. The number of aliphatic carboxylic acids is 2. The Balaban J connectivity index is 0.000000161. The first-order chi connectivity index (χ1) is 12.9. The summed E-state index contributed by atoms with van der Waals surface area (Å²) < 4.78 is -0.458. The first-order valence-electron chi connectivity index (χ1n) is 8.51. The molecule has 4 aliphatic rings. The van der Waals surface area contributed by atoms with Crippen LogP contribution in [0.5, 0.6) is 0 Å². The number of β-lactam (4-membered cyclic amide) rings is 2. The number of hydrogen-bond donors (Lipinski definition) is 4. The van der Waals surface area contributed by atoms with Crippen molar-refractivity contribution in [3.63, 3.8) is 0 Å². The van der Waals surface area contributed by atoms with Gasteiger partial charge in [0.2, 0.25) is 11.8 Å². The third kappa shape index (κ3) is 2.98. The van der Waals surface area contributed by atoms with Gasteiger partial charge in [-0.2, -0.15) is 0 Å². The van der Waals surface area contributed by atoms with Crippen LogP contribution in [0.25, 0.3) is 0 Å². The van der Waals surface area contributed by atoms with E-state index in [-0.39, 0.29) is 28.3 Å². The highest BCUT2D eigenvalue weighted by Gasteiger charge is 2.62. The molecule has 12 heteroatoms. The minimum absolute atomic E-state index is 0.112. The number of fused-ring (bicyclic) bond motifs is 2. The number of thioether (sulfide) groups is 2. The molecule has 6 N–H and O–H groups in total. The molecule has 154 valence electrons. The van der Waals surface area contributed by atoms with Crippen molar-refractivity contribution in [2.75, 3.05) is 5.75 Å². The summed E-state index contributed by atoms with van der Waals surface area (Å²) in [7, 11) is 0. The van der Waals surface area contributed by atoms with E-state index in [0.29, 0.717) is 5.75 Å². The summed E-state index contributed by atoms with van der Waals surface area (Å²) in [6.07, 6.45) is 0. The van der Waals surface area contributed by atoms with Crippen LogP contribution in [-0.4, -0.2) is 83.1 Å². The van der Waals surface area contributed by atoms with E-state index >= 15 is 0 Å². The van der Waals surface area contributed by atoms with Gasteiger partial charge < -0.3 is 26.6 Å². The van der Waals surface area contributed by atoms with Crippen molar-refractivity contribution in [1.82, 2.24) is 9.80 Å². The van der Waals surface area contributed by atoms with E-state index in [1.54, 1.807) is 6.92 Å². The summed E-state index contributed by atoms with van der Waals surface area (Å²) in [6, 6.07) is -1.81. The zero-order valence-electron chi connectivity index (χ0n) is 15.5. The molecule has 4 rings (SSSR count). The van der Waals surface area contributed by atoms with Gasteiger partial charge in [0.1, 0.15) is 34.6 Å². The molecule has 5 unspecified atom stereocenters. The van der Waals surface area contributed by atoms with Gasteiger partial charge in [-0.1, -0.05) is 0 Å². The quantitative estimate of drug-likeness (QED) is 0.401. The Morgan fingerprint density at radius 2 is 1.68 bits per heavy atom. The van der Waals surface area contributed by atoms with Crippen LogP contribution in [0.15, 0.2) is 11.3 Å². The van der Waals surface area contributed by atoms with Crippen LogP contribution in [0, 0.1) is 0 Å². The van der Waals surface area contributed by atoms with Crippen molar-refractivity contribution >= 4 is 47.3 Å². The average Bonchev–Trinajstić information content (AvgIpc) is 2.89. The minimum Gasteiger partial charge on any atom is -0.480 e. The first kappa shape index (κ1) is 21.0. The van der Waals surface area contributed by atoms with Crippen LogP contribution in [0.4, 0.5) is 0 Å². The average molecular weight is 431 g/mol. The molecule has 0 aromatic rings. The molecule has 5 atom stereocenters. The van der Waals surface area contributed by atoms with Gasteiger partial charge in [0.05, 0.1) is 0 Å². The number of hydrogen-bond acceptors (Lipinski definition) is 8. The number of carbonyl (C=O) groups excluding carboxylic acids is 2. The molecule has 4 heterocycles. The number of carboxylic acid groups (broad SMARTS) is 2. The number of carboxylic acids is 2. The lowest BCUT2D eigenvalue weighted by molar-refractivity contribution is -0.159. The zero-order valence-corrected chi connectivity index (χ0v) is 17.1. The third-order valence-electron chi connectivity index (χ3n) is 5.12. The molecule has 0 aromatic heterocycles. The van der Waals surface area contributed by atoms with Crippen LogP contribution < -0.4 is 11.5 Å². The molecule has 0 radical (unpaired) electrons. The Bertz CT molecular complexity index is 800. The Kier molecular flexibility index (Phi) is 5.19. The number of carbonyl (C=O) groups is 4. The monoisotopic (exact) mass is 430 g/mol. The molecular formula is C16H22N4O6S2. The second kappa shape index (κ2) is 6.94. The summed E-state index contributed by atoms with van der Waals surface area (Å²) in [5, 5.41) is 17.6. The largest absolute Gasteiger partial charge is 0.480 e. The van der Waals surface area contributed by atoms with Crippen LogP contribution in [0.3, 0.4) is 0 Å². The van der Waals surface area contributed by atoms with Gasteiger partial charge >= 0.3 is 11.9 Å². The maximum atomic E-state index is 11.4. The second-order valence-electron chi connectivity index (χ2n) is 7.49. The first-order valence-corrected chi connectivity index (χ1v) is 10.4. The van der Waals surface area contributed by atoms with Crippen LogP contribution in [0.1, 0.15) is 20.8 Å². The predicted octanol–water partition coefficient (Wildman–Crippen LogP) is -0.952. The van der Waals surface area contributed by atoms with Gasteiger partial charge in [0.15, 0.2) is 0 Å². The summed E-state index contributed by atoms with van der Waals surface area (Å²) in [6.45, 7) is 5.38. The summed E-state index contributed by atoms with van der Waals surface area (Å²) in [5.41, 5.74) is 12.0. The number of amides is 2. The van der Waals surface area contributed by atoms with Crippen molar-refractivity contribution in [2.45, 2.75) is 54.4 Å². The molecule has 28 heavy (non-hydrogen) atoms. The van der Waals surface area contributed by atoms with E-state index in [1.165, 1.54) is 33.3 Å². The second-order valence-corrected chi connectivity index (χ2v) is 10.4. The van der Waals surface area contributed by atoms with Gasteiger partial charge in [-0.3, -0.25) is 14.5 Å². The predicted molar refractivity (Wildman–Crippen MR) is 103 cm³/mol. The number of nitrogens with zero attached hydrogens (tertiary/aromatic N) is 2. The molecule has 0 aliphatic carbocycles. The highest BCUT2D eigenvalue weighted by molar-refractivity contribution is 8.01. The van der Waals surface area contributed by atoms with Gasteiger partial charge in [-0.15, -0.1) is 23.5 Å². The van der Waals surface area contributed by atoms with E-state index in [4.69, 9.17) is 21.7 Å². The Morgan fingerprint density at radius 3 is 2.21 bits per heavy atom. The van der Waals surface area contributed by atoms with E-state index in [2.05, 4.69) is 0 Å². The SMILES string of the molecule is CC1(C)SC2C(N)C(=O)N2C1C(=O)O.CC1=C(C(=O)O)N2C(=O)C(N)C2SC1. The van der Waals surface area contributed by atoms with Crippen molar-refractivity contribution in [3.05, 3.63) is 11.3 Å². The minimum atomic E-state index is -1.05. The smallest absolute Gasteiger partial charge is 0.352 e. The fourth-order valence-corrected chi connectivity index (χ4v) is 6.52. The van der Waals surface area contributed by atoms with E-state index in [9.17, 15) is 19.2 Å². The lowest BCUT2D eigenvalue weighted by Crippen LogP contribution is -2.68. The van der Waals surface area contributed by atoms with Crippen LogP contribution in [-0.2, 0) is 19.2 Å². The van der Waals surface area contributed by atoms with Gasteiger partial charge in [0.25, 0.3) is 0 Å². The molecule has 0 spiro atoms. The molecule has 0 aromatic carbocycles. The van der Waals surface area contributed by atoms with Crippen molar-refractivity contribution in [2.24, 2.45) is 11.5 Å². The lowest BCUT2D eigenvalue weighted by Gasteiger charge is -2.47. The maximum Gasteiger partial charge on any atom is 0.352 e. The number of nitrogens with two attached hydrogens (primary N) is 2. The van der Waals surface area contributed by atoms with Crippen LogP contribution >= 0.6 is 23.5 Å². The topological polar surface area (TPSA) is 167 Å². The zero-order chi connectivity index (χ0) is 21.1. The van der Waals surface area contributed by atoms with Gasteiger partial charge in [-0.05, 0) is 26.3 Å². The highest BCUT2D eigenvalue weighted by Crippen LogP contribution is 2.50. The van der Waals surface area contributed by atoms with E-state index < -0.39 is 34.8 Å². The standard InChI is InChI=1S/C8H12N2O3S.C8H10N2O3S/c1-8(2)4(7(12)13)10-5(11)3(9)6(10)14-8;1-3-2-14-7-4(9)6(11)10(7)5(3)8(12)13/h3-4,6H,9H2,1-2H3,(H,12,13);4,7H,2,9H2,1H3,(H,12,13). The number of rotatable bonds is 2. The van der Waals surface area contributed by atoms with Crippen molar-refractivity contribution in [1.29, 1.82) is 0 Å². The van der Waals surface area contributed by atoms with E-state index in [0.717, 1.165) is 5.57 Å².